The monoisotopic (exact) mass is 437 g/mol. The number of hydrogen-bond donors (Lipinski definition) is 2. The zero-order chi connectivity index (χ0) is 21.7. The number of anilines is 1. The molecule has 1 aromatic rings. The predicted octanol–water partition coefficient (Wildman–Crippen LogP) is 1.88. The van der Waals surface area contributed by atoms with Crippen molar-refractivity contribution in [2.45, 2.75) is 36.2 Å². The van der Waals surface area contributed by atoms with Crippen LogP contribution in [0.1, 0.15) is 25.3 Å². The molecule has 1 unspecified atom stereocenters. The lowest BCUT2D eigenvalue weighted by Crippen LogP contribution is -2.58. The topological polar surface area (TPSA) is 111 Å². The summed E-state index contributed by atoms with van der Waals surface area (Å²) < 4.78 is 81.3. The van der Waals surface area contributed by atoms with Crippen molar-refractivity contribution in [2.24, 2.45) is 10.7 Å². The Morgan fingerprint density at radius 3 is 2.62 bits per heavy atom. The second kappa shape index (κ2) is 6.94. The first-order valence-corrected chi connectivity index (χ1v) is 10.3. The molecule has 0 saturated carbocycles. The highest BCUT2D eigenvalue weighted by molar-refractivity contribution is 7.93. The maximum atomic E-state index is 14.5. The number of carbonyl (C=O) groups excluding carboxylic acids is 1. The van der Waals surface area contributed by atoms with Crippen LogP contribution in [-0.4, -0.2) is 50.1 Å². The maximum absolute atomic E-state index is 14.5. The van der Waals surface area contributed by atoms with Gasteiger partial charge in [0.2, 0.25) is 5.91 Å². The third kappa shape index (κ3) is 3.95. The van der Waals surface area contributed by atoms with E-state index in [1.165, 1.54) is 6.92 Å². The number of nitrogens with one attached hydrogen (secondary N) is 1. The molecular weight excluding hydrogens is 418 g/mol. The molecule has 0 bridgehead atoms. The number of nitrogens with zero attached hydrogens (tertiary/aromatic N) is 1. The van der Waals surface area contributed by atoms with Gasteiger partial charge in [-0.15, -0.1) is 0 Å². The summed E-state index contributed by atoms with van der Waals surface area (Å²) in [5.41, 5.74) is 4.03. The maximum Gasteiger partial charge on any atom is 0.397 e. The van der Waals surface area contributed by atoms with Crippen LogP contribution >= 0.6 is 0 Å². The minimum atomic E-state index is -4.70. The molecule has 160 valence electrons. The normalized spacial score (nSPS) is 28.9. The van der Waals surface area contributed by atoms with E-state index < -0.39 is 50.2 Å². The Hall–Kier alpha value is -2.21. The van der Waals surface area contributed by atoms with Crippen LogP contribution < -0.4 is 11.1 Å². The fraction of sp³-hybridized carbons (Fsp3) is 0.529. The van der Waals surface area contributed by atoms with E-state index in [1.807, 2.05) is 5.32 Å². The highest BCUT2D eigenvalue weighted by atomic mass is 32.2. The quantitative estimate of drug-likeness (QED) is 0.702. The molecule has 0 radical (unpaired) electrons. The number of rotatable bonds is 3. The Morgan fingerprint density at radius 1 is 1.38 bits per heavy atom. The van der Waals surface area contributed by atoms with Crippen LogP contribution in [0, 0.1) is 5.82 Å². The first-order valence-electron chi connectivity index (χ1n) is 8.61. The van der Waals surface area contributed by atoms with Gasteiger partial charge < -0.3 is 15.8 Å². The summed E-state index contributed by atoms with van der Waals surface area (Å²) in [4.78, 5) is 15.8. The Bertz CT molecular complexity index is 971. The molecule has 29 heavy (non-hydrogen) atoms. The van der Waals surface area contributed by atoms with Crippen LogP contribution in [0.5, 0.6) is 0 Å². The summed E-state index contributed by atoms with van der Waals surface area (Å²) in [7, 11) is -3.89. The fourth-order valence-electron chi connectivity index (χ4n) is 3.60. The molecule has 0 aliphatic carbocycles. The Labute approximate surface area is 164 Å². The van der Waals surface area contributed by atoms with Gasteiger partial charge in [-0.3, -0.25) is 9.79 Å². The van der Waals surface area contributed by atoms with Gasteiger partial charge in [0, 0.05) is 17.9 Å². The largest absolute Gasteiger partial charge is 0.397 e. The SMILES string of the molecule is C[C@@]1(c2cc(NC(=O)CC(F)(F)F)ccc2F)CS(=O)(=O)C2(CCOC2)C(N)=N1. The zero-order valence-corrected chi connectivity index (χ0v) is 16.2. The molecule has 2 atom stereocenters. The highest BCUT2D eigenvalue weighted by Gasteiger charge is 2.57. The van der Waals surface area contributed by atoms with E-state index in [1.54, 1.807) is 0 Å². The lowest BCUT2D eigenvalue weighted by molar-refractivity contribution is -0.150. The number of aliphatic imine (C=N–C) groups is 1. The third-order valence-electron chi connectivity index (χ3n) is 5.08. The molecular formula is C17H19F4N3O4S. The van der Waals surface area contributed by atoms with Crippen LogP contribution in [0.15, 0.2) is 23.2 Å². The molecule has 1 fully saturated rings. The zero-order valence-electron chi connectivity index (χ0n) is 15.3. The predicted molar refractivity (Wildman–Crippen MR) is 96.6 cm³/mol. The molecule has 1 spiro atoms. The van der Waals surface area contributed by atoms with E-state index in [2.05, 4.69) is 4.99 Å². The van der Waals surface area contributed by atoms with Crippen molar-refractivity contribution in [2.75, 3.05) is 24.3 Å². The Morgan fingerprint density at radius 2 is 2.07 bits per heavy atom. The van der Waals surface area contributed by atoms with Crippen molar-refractivity contribution in [3.8, 4) is 0 Å². The average molecular weight is 437 g/mol. The highest BCUT2D eigenvalue weighted by Crippen LogP contribution is 2.41. The molecule has 1 aromatic carbocycles. The van der Waals surface area contributed by atoms with Gasteiger partial charge in [-0.1, -0.05) is 0 Å². The van der Waals surface area contributed by atoms with Gasteiger partial charge in [-0.05, 0) is 31.5 Å². The number of benzene rings is 1. The number of nitrogens with two attached hydrogens (primary N) is 1. The van der Waals surface area contributed by atoms with Gasteiger partial charge in [0.15, 0.2) is 14.6 Å². The number of halogens is 4. The molecule has 7 nitrogen and oxygen atoms in total. The van der Waals surface area contributed by atoms with E-state index in [-0.39, 0.29) is 36.7 Å². The van der Waals surface area contributed by atoms with E-state index in [0.29, 0.717) is 0 Å². The number of amidine groups is 1. The lowest BCUT2D eigenvalue weighted by Gasteiger charge is -2.39. The number of alkyl halides is 3. The van der Waals surface area contributed by atoms with Crippen LogP contribution in [0.4, 0.5) is 23.2 Å². The molecule has 2 aliphatic rings. The molecule has 12 heteroatoms. The second-order valence-corrected chi connectivity index (χ2v) is 9.66. The number of carbonyl (C=O) groups is 1. The van der Waals surface area contributed by atoms with Crippen molar-refractivity contribution < 1.29 is 35.5 Å². The Kier molecular flexibility index (Phi) is 5.14. The molecule has 2 heterocycles. The minimum Gasteiger partial charge on any atom is -0.386 e. The standard InChI is InChI=1S/C17H19F4N3O4S/c1-15(9-29(26,27)16(14(22)24-15)4-5-28-8-16)11-6-10(2-3-12(11)18)23-13(25)7-17(19,20)21/h2-3,6H,4-5,7-9H2,1H3,(H2,22,24)(H,23,25)/t15-,16?/m0/s1. The van der Waals surface area contributed by atoms with Gasteiger partial charge >= 0.3 is 6.18 Å². The smallest absolute Gasteiger partial charge is 0.386 e. The van der Waals surface area contributed by atoms with Crippen molar-refractivity contribution in [1.82, 2.24) is 0 Å². The number of ether oxygens (including phenoxy) is 1. The minimum absolute atomic E-state index is 0.118. The summed E-state index contributed by atoms with van der Waals surface area (Å²) in [6.07, 6.45) is -6.28. The molecule has 1 saturated heterocycles. The number of hydrogen-bond acceptors (Lipinski definition) is 6. The van der Waals surface area contributed by atoms with Crippen molar-refractivity contribution in [1.29, 1.82) is 0 Å². The number of sulfone groups is 1. The van der Waals surface area contributed by atoms with Gasteiger partial charge in [0.25, 0.3) is 0 Å². The molecule has 0 aromatic heterocycles. The van der Waals surface area contributed by atoms with Gasteiger partial charge in [-0.25, -0.2) is 12.8 Å². The summed E-state index contributed by atoms with van der Waals surface area (Å²) in [5, 5.41) is 2.03. The molecule has 3 N–H and O–H groups in total. The lowest BCUT2D eigenvalue weighted by atomic mass is 9.92. The average Bonchev–Trinajstić information content (AvgIpc) is 3.04. The summed E-state index contributed by atoms with van der Waals surface area (Å²) in [5.74, 6) is -2.93. The third-order valence-corrected chi connectivity index (χ3v) is 7.74. The summed E-state index contributed by atoms with van der Waals surface area (Å²) >= 11 is 0. The van der Waals surface area contributed by atoms with E-state index >= 15 is 0 Å². The first-order chi connectivity index (χ1) is 13.3. The van der Waals surface area contributed by atoms with Gasteiger partial charge in [0.1, 0.15) is 23.6 Å². The second-order valence-electron chi connectivity index (χ2n) is 7.36. The molecule has 3 rings (SSSR count). The van der Waals surface area contributed by atoms with Crippen molar-refractivity contribution >= 4 is 27.3 Å². The van der Waals surface area contributed by atoms with Crippen LogP contribution in [-0.2, 0) is 24.9 Å². The van der Waals surface area contributed by atoms with Crippen LogP contribution in [0.25, 0.3) is 0 Å². The van der Waals surface area contributed by atoms with Crippen LogP contribution in [0.3, 0.4) is 0 Å². The first kappa shape index (κ1) is 21.5. The Balaban J connectivity index is 1.98. The number of amides is 1. The van der Waals surface area contributed by atoms with Crippen molar-refractivity contribution in [3.05, 3.63) is 29.6 Å². The van der Waals surface area contributed by atoms with E-state index in [0.717, 1.165) is 18.2 Å². The van der Waals surface area contributed by atoms with Gasteiger partial charge in [-0.2, -0.15) is 13.2 Å². The molecule has 2 aliphatic heterocycles. The summed E-state index contributed by atoms with van der Waals surface area (Å²) in [6.45, 7) is 1.41. The molecule has 1 amide bonds. The summed E-state index contributed by atoms with van der Waals surface area (Å²) in [6, 6.07) is 3.07. The van der Waals surface area contributed by atoms with Crippen LogP contribution in [0.2, 0.25) is 0 Å². The van der Waals surface area contributed by atoms with E-state index in [9.17, 15) is 30.8 Å². The van der Waals surface area contributed by atoms with E-state index in [4.69, 9.17) is 10.5 Å². The van der Waals surface area contributed by atoms with Gasteiger partial charge in [0.05, 0.1) is 12.4 Å². The fourth-order valence-corrected chi connectivity index (χ4v) is 5.86. The van der Waals surface area contributed by atoms with Crippen molar-refractivity contribution in [3.63, 3.8) is 0 Å².